The first-order valence-corrected chi connectivity index (χ1v) is 38.1. The molecule has 6 N–H and O–H groups in total. The van der Waals surface area contributed by atoms with Crippen LogP contribution < -0.4 is 0 Å². The van der Waals surface area contributed by atoms with Gasteiger partial charge in [-0.05, 0) is 158 Å². The molecule has 15 rings (SSSR count). The summed E-state index contributed by atoms with van der Waals surface area (Å²) in [6.07, 6.45) is 15.0. The van der Waals surface area contributed by atoms with Crippen molar-refractivity contribution in [3.63, 3.8) is 0 Å². The molecular formula is C103H94FIr5N6O12-5. The molecule has 24 heteroatoms. The maximum atomic E-state index is 13.0. The third kappa shape index (κ3) is 43.2. The molecule has 5 aromatic heterocycles. The number of nitroso groups, excluding NO2 is 1. The van der Waals surface area contributed by atoms with Crippen LogP contribution in [0, 0.1) is 54.9 Å². The third-order valence-corrected chi connectivity index (χ3v) is 16.2. The minimum Gasteiger partial charge on any atom is -0.512 e. The van der Waals surface area contributed by atoms with Gasteiger partial charge in [-0.25, -0.2) is 4.39 Å². The van der Waals surface area contributed by atoms with Crippen LogP contribution in [0.2, 0.25) is 0 Å². The summed E-state index contributed by atoms with van der Waals surface area (Å²) in [7, 11) is 0. The van der Waals surface area contributed by atoms with Crippen molar-refractivity contribution >= 4 is 88.5 Å². The number of aryl methyl sites for hydroxylation is 2. The topological polar surface area (TPSA) is 301 Å². The van der Waals surface area contributed by atoms with Crippen molar-refractivity contribution in [3.8, 4) is 56.3 Å². The Kier molecular flexibility index (Phi) is 54.0. The quantitative estimate of drug-likeness (QED) is 0.0287. The number of halogens is 1. The molecular weight excluding hydrogens is 2490 g/mol. The fourth-order valence-electron chi connectivity index (χ4n) is 11.2. The van der Waals surface area contributed by atoms with E-state index in [-0.39, 0.29) is 171 Å². The first kappa shape index (κ1) is 113. The average molecular weight is 2590 g/mol. The number of carbonyl (C=O) groups is 5. The number of allylic oxidation sites excluding steroid dienone is 10. The van der Waals surface area contributed by atoms with E-state index in [0.29, 0.717) is 5.69 Å². The van der Waals surface area contributed by atoms with Crippen molar-refractivity contribution in [3.05, 3.63) is 391 Å². The van der Waals surface area contributed by atoms with Crippen LogP contribution in [0.1, 0.15) is 85.9 Å². The van der Waals surface area contributed by atoms with Crippen LogP contribution in [0.15, 0.2) is 338 Å². The largest absolute Gasteiger partial charge is 0.512 e. The second-order valence-electron chi connectivity index (χ2n) is 27.3. The zero-order valence-electron chi connectivity index (χ0n) is 71.4. The minimum absolute atomic E-state index is 0. The summed E-state index contributed by atoms with van der Waals surface area (Å²) < 4.78 is 13.0. The summed E-state index contributed by atoms with van der Waals surface area (Å²) >= 11 is 0. The maximum absolute atomic E-state index is 13.0. The molecule has 0 atom stereocenters. The minimum atomic E-state index is -0.238. The van der Waals surface area contributed by atoms with Gasteiger partial charge in [0.2, 0.25) is 0 Å². The van der Waals surface area contributed by atoms with Gasteiger partial charge < -0.3 is 55.6 Å². The number of aromatic nitrogens is 5. The van der Waals surface area contributed by atoms with Crippen molar-refractivity contribution in [1.82, 2.24) is 24.9 Å². The molecule has 0 saturated heterocycles. The Morgan fingerprint density at radius 3 is 0.913 bits per heavy atom. The number of hydrogen-bond acceptors (Lipinski definition) is 18. The number of carbonyl (C=O) groups excluding carboxylic acids is 5. The van der Waals surface area contributed by atoms with Gasteiger partial charge in [0.15, 0.2) is 28.9 Å². The summed E-state index contributed by atoms with van der Waals surface area (Å²) in [5.41, 5.74) is 12.9. The van der Waals surface area contributed by atoms with Gasteiger partial charge in [0.25, 0.3) is 0 Å². The number of nitrogens with zero attached hydrogens (tertiary/aromatic N) is 6. The van der Waals surface area contributed by atoms with Crippen molar-refractivity contribution in [2.75, 3.05) is 0 Å². The Morgan fingerprint density at radius 1 is 0.323 bits per heavy atom. The number of fused-ring (bicyclic) bond motifs is 5. The number of ketones is 5. The van der Waals surface area contributed by atoms with Crippen LogP contribution in [-0.2, 0) is 131 Å². The van der Waals surface area contributed by atoms with E-state index in [1.165, 1.54) is 139 Å². The molecule has 0 spiro atoms. The smallest absolute Gasteiger partial charge is 0.155 e. The number of benzene rings is 10. The van der Waals surface area contributed by atoms with Gasteiger partial charge in [0.1, 0.15) is 5.82 Å². The molecule has 0 unspecified atom stereocenters. The molecule has 15 aromatic rings. The SMILES string of the molecule is CC(=O)C=C(C)O.CC(=O)C=C(C)O.CC(=O)C=C(C)O.CC(=O)C=C(C)O.CC(=O)C=C(C)O.Cc1[c-]c(-c2cc3ccccc3cn2)cc(C)c1.Fc1ccc2cc(-c3[c-]cccc3)ncc2c1.O=Nc1cc[c-]c(-c2cc3ccccc3cn2)c1.OCc1cc[c-]c(-c2cc3ccccc3cn2)c1.[Ir].[Ir].[Ir].[Ir].[Ir].[c-]1ccccc1-c1cc2ccccc2cn1. The van der Waals surface area contributed by atoms with Crippen LogP contribution in [0.3, 0.4) is 0 Å². The number of rotatable bonds is 12. The molecule has 665 valence electrons. The molecule has 10 aromatic carbocycles. The predicted molar refractivity (Wildman–Crippen MR) is 486 cm³/mol. The van der Waals surface area contributed by atoms with Gasteiger partial charge in [-0.1, -0.05) is 152 Å². The molecule has 0 fully saturated rings. The summed E-state index contributed by atoms with van der Waals surface area (Å²) in [5, 5.41) is 64.9. The zero-order valence-corrected chi connectivity index (χ0v) is 83.4. The number of aliphatic hydroxyl groups is 6. The van der Waals surface area contributed by atoms with E-state index in [2.05, 4.69) is 135 Å². The first-order valence-electron chi connectivity index (χ1n) is 38.1. The van der Waals surface area contributed by atoms with Crippen molar-refractivity contribution in [2.45, 2.75) is 89.7 Å². The van der Waals surface area contributed by atoms with E-state index in [1.807, 2.05) is 170 Å². The molecule has 0 saturated carbocycles. The molecule has 5 radical (unpaired) electrons. The van der Waals surface area contributed by atoms with Gasteiger partial charge in [-0.15, -0.1) is 177 Å². The second-order valence-corrected chi connectivity index (χ2v) is 27.3. The fraction of sp³-hybridized carbons (Fsp3) is 0.126. The average Bonchev–Trinajstić information content (AvgIpc) is 0.967. The van der Waals surface area contributed by atoms with Crippen LogP contribution >= 0.6 is 0 Å². The predicted octanol–water partition coefficient (Wildman–Crippen LogP) is 24.3. The van der Waals surface area contributed by atoms with Gasteiger partial charge in [-0.2, -0.15) is 0 Å². The first-order chi connectivity index (χ1) is 58.3. The van der Waals surface area contributed by atoms with Crippen molar-refractivity contribution < 1.29 is 160 Å². The van der Waals surface area contributed by atoms with E-state index < -0.39 is 0 Å². The van der Waals surface area contributed by atoms with Gasteiger partial charge in [0.05, 0.1) is 35.4 Å². The van der Waals surface area contributed by atoms with Gasteiger partial charge in [-0.3, -0.25) is 24.0 Å². The summed E-state index contributed by atoms with van der Waals surface area (Å²) in [6.45, 7) is 18.4. The number of pyridine rings is 5. The summed E-state index contributed by atoms with van der Waals surface area (Å²) in [6, 6.07) is 93.9. The van der Waals surface area contributed by atoms with E-state index >= 15 is 0 Å². The number of aliphatic hydroxyl groups excluding tert-OH is 6. The van der Waals surface area contributed by atoms with Crippen molar-refractivity contribution in [1.29, 1.82) is 0 Å². The zero-order chi connectivity index (χ0) is 89.0. The van der Waals surface area contributed by atoms with E-state index in [4.69, 9.17) is 30.6 Å². The Bertz CT molecular complexity index is 6030. The van der Waals surface area contributed by atoms with E-state index in [9.17, 15) is 33.3 Å². The Morgan fingerprint density at radius 2 is 0.614 bits per heavy atom. The third-order valence-electron chi connectivity index (χ3n) is 16.2. The van der Waals surface area contributed by atoms with Crippen LogP contribution in [0.5, 0.6) is 0 Å². The standard InChI is InChI=1S/C17H14N.C16H12NO.C15H9FN.C15H9N2O.C15H10N.5C5H8O2.5Ir/c1-12-7-13(2)9-16(8-12)17-10-14-5-3-4-6-15(14)11-18-17;18-11-12-4-3-7-14(8-12)16-9-13-5-1-2-6-15(13)10-17-16;16-14-7-6-12-9-15(17-10-13(12)8-14)11-4-2-1-3-5-11;18-17-14-7-3-6-12(8-14)15-9-11-4-1-2-5-13(11)10-16-15;1-2-6-12(7-3-1)15-10-13-8-4-5-9-14(13)11-16-15;5*1-4(6)3-5(2)7;;;;;/h3-8,10-11H,1-2H3;1-6,8-10,18H,11H2;1-4,6-10H;1-5,7-10H;1-6,8-11H;5*3,6H,1-2H3;;;;;/q5*-1;;;;;;;;;;. The van der Waals surface area contributed by atoms with Gasteiger partial charge in [0, 0.05) is 173 Å². The Labute approximate surface area is 807 Å². The number of hydrogen-bond donors (Lipinski definition) is 6. The molecule has 0 amide bonds. The monoisotopic (exact) mass is 2590 g/mol. The van der Waals surface area contributed by atoms with Crippen LogP contribution in [0.4, 0.5) is 10.1 Å². The normalized spacial score (nSPS) is 10.4. The van der Waals surface area contributed by atoms with Crippen LogP contribution in [0.25, 0.3) is 110 Å². The van der Waals surface area contributed by atoms with Gasteiger partial charge >= 0.3 is 0 Å². The Hall–Kier alpha value is -12.0. The molecule has 18 nitrogen and oxygen atoms in total. The summed E-state index contributed by atoms with van der Waals surface area (Å²) in [4.78, 5) is 82.7. The summed E-state index contributed by atoms with van der Waals surface area (Å²) in [5.74, 6) is -0.550. The van der Waals surface area contributed by atoms with E-state index in [0.717, 1.165) is 99.7 Å². The fourth-order valence-corrected chi connectivity index (χ4v) is 11.2. The molecule has 0 aliphatic carbocycles. The Balaban J connectivity index is 0.000000721. The maximum Gasteiger partial charge on any atom is 0.155 e. The second kappa shape index (κ2) is 60.6. The molecule has 0 aliphatic rings. The van der Waals surface area contributed by atoms with Crippen LogP contribution in [-0.4, -0.2) is 84.5 Å². The molecule has 5 heterocycles. The molecule has 0 aliphatic heterocycles. The molecule has 127 heavy (non-hydrogen) atoms. The van der Waals surface area contributed by atoms with E-state index in [1.54, 1.807) is 30.5 Å². The van der Waals surface area contributed by atoms with Crippen molar-refractivity contribution in [2.24, 2.45) is 5.18 Å². The molecule has 0 bridgehead atoms.